The fourth-order valence-corrected chi connectivity index (χ4v) is 2.36. The van der Waals surface area contributed by atoms with Gasteiger partial charge in [0.05, 0.1) is 5.56 Å². The van der Waals surface area contributed by atoms with Crippen LogP contribution in [0.5, 0.6) is 0 Å². The van der Waals surface area contributed by atoms with E-state index in [2.05, 4.69) is 10.4 Å². The smallest absolute Gasteiger partial charge is 0.257 e. The van der Waals surface area contributed by atoms with Crippen molar-refractivity contribution in [3.8, 4) is 0 Å². The monoisotopic (exact) mass is 252 g/mol. The first-order chi connectivity index (χ1) is 8.65. The van der Waals surface area contributed by atoms with E-state index in [9.17, 15) is 9.18 Å². The number of nitrogens with one attached hydrogen (secondary N) is 1. The van der Waals surface area contributed by atoms with Crippen molar-refractivity contribution in [3.63, 3.8) is 0 Å². The van der Waals surface area contributed by atoms with E-state index in [1.54, 1.807) is 11.9 Å². The van der Waals surface area contributed by atoms with Gasteiger partial charge in [-0.1, -0.05) is 12.8 Å². The number of aromatic nitrogens is 1. The number of pyridine rings is 1. The highest BCUT2D eigenvalue weighted by molar-refractivity contribution is 5.95. The van der Waals surface area contributed by atoms with Crippen LogP contribution in [0.2, 0.25) is 0 Å². The van der Waals surface area contributed by atoms with Gasteiger partial charge in [-0.05, 0) is 18.9 Å². The Bertz CT molecular complexity index is 446. The largest absolute Gasteiger partial charge is 0.339 e. The van der Waals surface area contributed by atoms with Crippen molar-refractivity contribution >= 4 is 11.7 Å². The van der Waals surface area contributed by atoms with Gasteiger partial charge in [0, 0.05) is 19.3 Å². The topological polar surface area (TPSA) is 71.2 Å². The highest BCUT2D eigenvalue weighted by Gasteiger charge is 2.26. The number of hydrazine groups is 1. The Hall–Kier alpha value is -1.69. The number of hydrogen-bond acceptors (Lipinski definition) is 4. The Kier molecular flexibility index (Phi) is 3.76. The Labute approximate surface area is 105 Å². The molecule has 5 nitrogen and oxygen atoms in total. The van der Waals surface area contributed by atoms with Gasteiger partial charge < -0.3 is 10.3 Å². The summed E-state index contributed by atoms with van der Waals surface area (Å²) in [4.78, 5) is 17.5. The van der Waals surface area contributed by atoms with Crippen LogP contribution in [-0.4, -0.2) is 28.9 Å². The van der Waals surface area contributed by atoms with Crippen molar-refractivity contribution in [2.75, 3.05) is 12.5 Å². The second-order valence-corrected chi connectivity index (χ2v) is 4.52. The number of hydrogen-bond donors (Lipinski definition) is 2. The first-order valence-corrected chi connectivity index (χ1v) is 6.03. The quantitative estimate of drug-likeness (QED) is 0.632. The molecule has 0 bridgehead atoms. The molecule has 6 heteroatoms. The summed E-state index contributed by atoms with van der Waals surface area (Å²) in [6.07, 6.45) is 5.58. The molecule has 1 aliphatic carbocycles. The zero-order valence-electron chi connectivity index (χ0n) is 10.3. The standard InChI is InChI=1S/C12H17FN4O/c1-17(8-4-2-3-5-8)12(18)9-6-7-15-11(16-14)10(9)13/h6-8H,2-5,14H2,1H3,(H,15,16). The summed E-state index contributed by atoms with van der Waals surface area (Å²) < 4.78 is 13.9. The fourth-order valence-electron chi connectivity index (χ4n) is 2.36. The molecule has 0 saturated heterocycles. The number of nitrogens with zero attached hydrogens (tertiary/aromatic N) is 2. The molecular formula is C12H17FN4O. The van der Waals surface area contributed by atoms with Crippen molar-refractivity contribution in [3.05, 3.63) is 23.6 Å². The summed E-state index contributed by atoms with van der Waals surface area (Å²) in [5, 5.41) is 0. The van der Waals surface area contributed by atoms with Crippen molar-refractivity contribution < 1.29 is 9.18 Å². The molecule has 0 spiro atoms. The molecule has 0 unspecified atom stereocenters. The van der Waals surface area contributed by atoms with Crippen molar-refractivity contribution in [1.29, 1.82) is 0 Å². The van der Waals surface area contributed by atoms with Crippen LogP contribution >= 0.6 is 0 Å². The van der Waals surface area contributed by atoms with Crippen LogP contribution < -0.4 is 11.3 Å². The zero-order valence-corrected chi connectivity index (χ0v) is 10.3. The number of halogens is 1. The summed E-state index contributed by atoms with van der Waals surface area (Å²) in [6.45, 7) is 0. The second-order valence-electron chi connectivity index (χ2n) is 4.52. The third-order valence-electron chi connectivity index (χ3n) is 3.45. The number of amides is 1. The summed E-state index contributed by atoms with van der Waals surface area (Å²) >= 11 is 0. The van der Waals surface area contributed by atoms with Gasteiger partial charge in [-0.15, -0.1) is 0 Å². The molecule has 1 aliphatic rings. The number of anilines is 1. The average molecular weight is 252 g/mol. The molecule has 1 fully saturated rings. The average Bonchev–Trinajstić information content (AvgIpc) is 2.91. The fraction of sp³-hybridized carbons (Fsp3) is 0.500. The first kappa shape index (κ1) is 12.8. The van der Waals surface area contributed by atoms with Crippen molar-refractivity contribution in [2.45, 2.75) is 31.7 Å². The van der Waals surface area contributed by atoms with Gasteiger partial charge in [0.15, 0.2) is 11.6 Å². The third kappa shape index (κ3) is 2.28. The highest BCUT2D eigenvalue weighted by atomic mass is 19.1. The number of carbonyl (C=O) groups is 1. The maximum Gasteiger partial charge on any atom is 0.257 e. The molecule has 1 saturated carbocycles. The summed E-state index contributed by atoms with van der Waals surface area (Å²) in [6, 6.07) is 1.59. The first-order valence-electron chi connectivity index (χ1n) is 6.03. The summed E-state index contributed by atoms with van der Waals surface area (Å²) in [5.74, 6) is 4.01. The minimum Gasteiger partial charge on any atom is -0.339 e. The Morgan fingerprint density at radius 3 is 2.83 bits per heavy atom. The second kappa shape index (κ2) is 5.30. The molecule has 1 aromatic rings. The number of rotatable bonds is 3. The number of carbonyl (C=O) groups excluding carboxylic acids is 1. The minimum atomic E-state index is -0.699. The van der Waals surface area contributed by atoms with Gasteiger partial charge in [0.25, 0.3) is 5.91 Å². The highest BCUT2D eigenvalue weighted by Crippen LogP contribution is 2.24. The van der Waals surface area contributed by atoms with E-state index >= 15 is 0 Å². The maximum atomic E-state index is 13.9. The molecule has 1 heterocycles. The van der Waals surface area contributed by atoms with Gasteiger partial charge in [-0.2, -0.15) is 0 Å². The van der Waals surface area contributed by atoms with E-state index < -0.39 is 5.82 Å². The maximum absolute atomic E-state index is 13.9. The predicted octanol–water partition coefficient (Wildman–Crippen LogP) is 1.52. The lowest BCUT2D eigenvalue weighted by molar-refractivity contribution is 0.0730. The van der Waals surface area contributed by atoms with Gasteiger partial charge in [-0.3, -0.25) is 4.79 Å². The van der Waals surface area contributed by atoms with Gasteiger partial charge in [-0.25, -0.2) is 15.2 Å². The molecule has 18 heavy (non-hydrogen) atoms. The Balaban J connectivity index is 2.22. The molecule has 0 aromatic carbocycles. The van der Waals surface area contributed by atoms with Crippen LogP contribution in [0.3, 0.4) is 0 Å². The van der Waals surface area contributed by atoms with Crippen LogP contribution in [0.1, 0.15) is 36.0 Å². The molecule has 0 atom stereocenters. The lowest BCUT2D eigenvalue weighted by atomic mass is 10.1. The van der Waals surface area contributed by atoms with Crippen LogP contribution in [-0.2, 0) is 0 Å². The molecule has 1 aromatic heterocycles. The van der Waals surface area contributed by atoms with Crippen LogP contribution in [0, 0.1) is 5.82 Å². The normalized spacial score (nSPS) is 15.7. The van der Waals surface area contributed by atoms with Crippen molar-refractivity contribution in [1.82, 2.24) is 9.88 Å². The van der Waals surface area contributed by atoms with E-state index in [1.165, 1.54) is 12.3 Å². The lowest BCUT2D eigenvalue weighted by Gasteiger charge is -2.24. The lowest BCUT2D eigenvalue weighted by Crippen LogP contribution is -2.35. The Morgan fingerprint density at radius 1 is 1.56 bits per heavy atom. The SMILES string of the molecule is CN(C(=O)c1ccnc(NN)c1F)C1CCCC1. The summed E-state index contributed by atoms with van der Waals surface area (Å²) in [5.41, 5.74) is 2.15. The predicted molar refractivity (Wildman–Crippen MR) is 66.4 cm³/mol. The Morgan fingerprint density at radius 2 is 2.22 bits per heavy atom. The van der Waals surface area contributed by atoms with E-state index in [1.807, 2.05) is 0 Å². The van der Waals surface area contributed by atoms with Crippen LogP contribution in [0.4, 0.5) is 10.2 Å². The minimum absolute atomic E-state index is 0.00681. The van der Waals surface area contributed by atoms with E-state index in [0.29, 0.717) is 0 Å². The number of nitrogen functional groups attached to an aromatic ring is 1. The molecule has 1 amide bonds. The van der Waals surface area contributed by atoms with Gasteiger partial charge in [0.1, 0.15) is 0 Å². The van der Waals surface area contributed by atoms with Crippen molar-refractivity contribution in [2.24, 2.45) is 5.84 Å². The van der Waals surface area contributed by atoms with Gasteiger partial charge >= 0.3 is 0 Å². The molecule has 3 N–H and O–H groups in total. The van der Waals surface area contributed by atoms with E-state index in [-0.39, 0.29) is 23.3 Å². The molecule has 98 valence electrons. The molecule has 2 rings (SSSR count). The number of nitrogens with two attached hydrogens (primary N) is 1. The summed E-state index contributed by atoms with van der Waals surface area (Å²) in [7, 11) is 1.72. The van der Waals surface area contributed by atoms with E-state index in [4.69, 9.17) is 5.84 Å². The zero-order chi connectivity index (χ0) is 13.1. The van der Waals surface area contributed by atoms with Gasteiger partial charge in [0.2, 0.25) is 0 Å². The van der Waals surface area contributed by atoms with Crippen LogP contribution in [0.15, 0.2) is 12.3 Å². The third-order valence-corrected chi connectivity index (χ3v) is 3.45. The van der Waals surface area contributed by atoms with Crippen LogP contribution in [0.25, 0.3) is 0 Å². The molecule has 0 radical (unpaired) electrons. The van der Waals surface area contributed by atoms with E-state index in [0.717, 1.165) is 25.7 Å². The molecular weight excluding hydrogens is 235 g/mol. The molecule has 0 aliphatic heterocycles.